The molecule has 0 unspecified atom stereocenters. The Balaban J connectivity index is 2.00. The van der Waals surface area contributed by atoms with Gasteiger partial charge in [0.1, 0.15) is 11.4 Å². The summed E-state index contributed by atoms with van der Waals surface area (Å²) in [5.41, 5.74) is -1.25. The minimum absolute atomic E-state index is 0.00803. The van der Waals surface area contributed by atoms with Crippen LogP contribution in [0.15, 0.2) is 18.2 Å². The minimum atomic E-state index is -0.946. The molecule has 0 aromatic heterocycles. The number of nitro benzene ring substituents is 1. The molecule has 1 heterocycles. The highest BCUT2D eigenvalue weighted by Crippen LogP contribution is 2.23. The van der Waals surface area contributed by atoms with Gasteiger partial charge in [-0.05, 0) is 52.5 Å². The molecule has 1 aliphatic rings. The molecule has 1 aromatic rings. The first-order chi connectivity index (χ1) is 13.0. The summed E-state index contributed by atoms with van der Waals surface area (Å²) in [7, 11) is 0. The molecule has 0 aliphatic carbocycles. The Bertz CT molecular complexity index is 762. The van der Waals surface area contributed by atoms with Crippen molar-refractivity contribution < 1.29 is 23.6 Å². The molecule has 1 N–H and O–H groups in total. The number of rotatable bonds is 4. The highest BCUT2D eigenvalue weighted by Gasteiger charge is 2.31. The van der Waals surface area contributed by atoms with Crippen LogP contribution in [0.3, 0.4) is 0 Å². The lowest BCUT2D eigenvalue weighted by atomic mass is 9.91. The number of likely N-dealkylation sites (tertiary alicyclic amines) is 1. The SMILES string of the molecule is C[C@@H](NC(=O)c1ccc([N+](=O)[O-])cc1F)[C@H]1CCCN(C(=O)OC(C)(C)C)C1. The standard InChI is InChI=1S/C19H26FN3O5/c1-12(13-6-5-9-22(11-13)18(25)28-19(2,3)4)21-17(24)15-8-7-14(23(26)27)10-16(15)20/h7-8,10,12-13H,5-6,9,11H2,1-4H3,(H,21,24)/t12-,13+/m1/s1. The van der Waals surface area contributed by atoms with Crippen molar-refractivity contribution in [3.05, 3.63) is 39.7 Å². The molecule has 8 nitrogen and oxygen atoms in total. The Hall–Kier alpha value is -2.71. The van der Waals surface area contributed by atoms with Crippen molar-refractivity contribution in [1.82, 2.24) is 10.2 Å². The Morgan fingerprint density at radius 3 is 2.64 bits per heavy atom. The van der Waals surface area contributed by atoms with Gasteiger partial charge in [-0.3, -0.25) is 14.9 Å². The Morgan fingerprint density at radius 2 is 2.07 bits per heavy atom. The number of hydrogen-bond donors (Lipinski definition) is 1. The van der Waals surface area contributed by atoms with Crippen molar-refractivity contribution in [3.8, 4) is 0 Å². The van der Waals surface area contributed by atoms with Gasteiger partial charge in [-0.25, -0.2) is 9.18 Å². The fourth-order valence-electron chi connectivity index (χ4n) is 3.11. The van der Waals surface area contributed by atoms with Crippen LogP contribution in [0.1, 0.15) is 50.9 Å². The number of halogens is 1. The first kappa shape index (κ1) is 21.6. The van der Waals surface area contributed by atoms with E-state index in [1.165, 1.54) is 0 Å². The van der Waals surface area contributed by atoms with Gasteiger partial charge in [-0.2, -0.15) is 0 Å². The normalized spacial score (nSPS) is 18.3. The topological polar surface area (TPSA) is 102 Å². The Kier molecular flexibility index (Phi) is 6.58. The van der Waals surface area contributed by atoms with Crippen molar-refractivity contribution in [3.63, 3.8) is 0 Å². The first-order valence-corrected chi connectivity index (χ1v) is 9.20. The lowest BCUT2D eigenvalue weighted by molar-refractivity contribution is -0.385. The number of carbonyl (C=O) groups excluding carboxylic acids is 2. The summed E-state index contributed by atoms with van der Waals surface area (Å²) in [6.45, 7) is 8.21. The van der Waals surface area contributed by atoms with Gasteiger partial charge >= 0.3 is 6.09 Å². The summed E-state index contributed by atoms with van der Waals surface area (Å²) in [6, 6.07) is 2.61. The number of carbonyl (C=O) groups is 2. The van der Waals surface area contributed by atoms with Crippen LogP contribution in [0.2, 0.25) is 0 Å². The van der Waals surface area contributed by atoms with E-state index >= 15 is 0 Å². The van der Waals surface area contributed by atoms with E-state index in [1.807, 2.05) is 0 Å². The molecule has 0 saturated carbocycles. The minimum Gasteiger partial charge on any atom is -0.444 e. The van der Waals surface area contributed by atoms with E-state index in [9.17, 15) is 24.1 Å². The summed E-state index contributed by atoms with van der Waals surface area (Å²) in [5.74, 6) is -1.60. The molecule has 2 atom stereocenters. The van der Waals surface area contributed by atoms with Gasteiger partial charge in [-0.1, -0.05) is 0 Å². The quantitative estimate of drug-likeness (QED) is 0.621. The van der Waals surface area contributed by atoms with E-state index < -0.39 is 34.0 Å². The predicted octanol–water partition coefficient (Wildman–Crippen LogP) is 3.50. The summed E-state index contributed by atoms with van der Waals surface area (Å²) < 4.78 is 19.4. The number of hydrogen-bond acceptors (Lipinski definition) is 5. The maximum Gasteiger partial charge on any atom is 0.410 e. The van der Waals surface area contributed by atoms with Crippen LogP contribution < -0.4 is 5.32 Å². The fraction of sp³-hybridized carbons (Fsp3) is 0.579. The number of piperidine rings is 1. The second-order valence-electron chi connectivity index (χ2n) is 8.01. The average Bonchev–Trinajstić information content (AvgIpc) is 2.60. The number of nitrogens with one attached hydrogen (secondary N) is 1. The number of nitro groups is 1. The zero-order valence-corrected chi connectivity index (χ0v) is 16.5. The third-order valence-corrected chi connectivity index (χ3v) is 4.58. The third-order valence-electron chi connectivity index (χ3n) is 4.58. The van der Waals surface area contributed by atoms with E-state index in [0.717, 1.165) is 31.0 Å². The van der Waals surface area contributed by atoms with Gasteiger partial charge in [0.2, 0.25) is 0 Å². The van der Waals surface area contributed by atoms with Crippen LogP contribution in [0.25, 0.3) is 0 Å². The van der Waals surface area contributed by atoms with Gasteiger partial charge < -0.3 is 15.0 Å². The van der Waals surface area contributed by atoms with Gasteiger partial charge in [0.25, 0.3) is 11.6 Å². The molecule has 9 heteroatoms. The predicted molar refractivity (Wildman–Crippen MR) is 101 cm³/mol. The van der Waals surface area contributed by atoms with E-state index in [1.54, 1.807) is 32.6 Å². The van der Waals surface area contributed by atoms with Crippen LogP contribution in [0.4, 0.5) is 14.9 Å². The number of amides is 2. The molecule has 1 aliphatic heterocycles. The molecular formula is C19H26FN3O5. The van der Waals surface area contributed by atoms with Crippen LogP contribution in [0, 0.1) is 21.8 Å². The molecular weight excluding hydrogens is 369 g/mol. The number of nitrogens with zero attached hydrogens (tertiary/aromatic N) is 2. The number of non-ortho nitro benzene ring substituents is 1. The van der Waals surface area contributed by atoms with Crippen molar-refractivity contribution in [2.75, 3.05) is 13.1 Å². The monoisotopic (exact) mass is 395 g/mol. The third kappa shape index (κ3) is 5.64. The highest BCUT2D eigenvalue weighted by atomic mass is 19.1. The maximum atomic E-state index is 14.0. The Morgan fingerprint density at radius 1 is 1.39 bits per heavy atom. The molecule has 1 fully saturated rings. The molecule has 1 saturated heterocycles. The number of benzene rings is 1. The van der Waals surface area contributed by atoms with Gasteiger partial charge in [-0.15, -0.1) is 0 Å². The molecule has 0 bridgehead atoms. The largest absolute Gasteiger partial charge is 0.444 e. The zero-order chi connectivity index (χ0) is 21.1. The zero-order valence-electron chi connectivity index (χ0n) is 16.5. The van der Waals surface area contributed by atoms with Gasteiger partial charge in [0.15, 0.2) is 0 Å². The average molecular weight is 395 g/mol. The van der Waals surface area contributed by atoms with Crippen LogP contribution >= 0.6 is 0 Å². The van der Waals surface area contributed by atoms with Crippen molar-refractivity contribution in [2.24, 2.45) is 5.92 Å². The lowest BCUT2D eigenvalue weighted by Crippen LogP contribution is -2.49. The van der Waals surface area contributed by atoms with E-state index in [4.69, 9.17) is 4.74 Å². The van der Waals surface area contributed by atoms with E-state index in [-0.39, 0.29) is 17.5 Å². The van der Waals surface area contributed by atoms with E-state index in [0.29, 0.717) is 13.1 Å². The Labute approximate surface area is 163 Å². The van der Waals surface area contributed by atoms with Crippen LogP contribution in [-0.4, -0.2) is 46.6 Å². The maximum absolute atomic E-state index is 14.0. The lowest BCUT2D eigenvalue weighted by Gasteiger charge is -2.36. The molecule has 0 radical (unpaired) electrons. The van der Waals surface area contributed by atoms with Crippen LogP contribution in [0.5, 0.6) is 0 Å². The summed E-state index contributed by atoms with van der Waals surface area (Å²) >= 11 is 0. The van der Waals surface area contributed by atoms with Crippen molar-refractivity contribution >= 4 is 17.7 Å². The summed E-state index contributed by atoms with van der Waals surface area (Å²) in [6.07, 6.45) is 1.19. The molecule has 2 rings (SSSR count). The first-order valence-electron chi connectivity index (χ1n) is 9.20. The summed E-state index contributed by atoms with van der Waals surface area (Å²) in [4.78, 5) is 36.2. The second kappa shape index (κ2) is 8.53. The van der Waals surface area contributed by atoms with Crippen molar-refractivity contribution in [2.45, 2.75) is 52.2 Å². The van der Waals surface area contributed by atoms with Crippen molar-refractivity contribution in [1.29, 1.82) is 0 Å². The smallest absolute Gasteiger partial charge is 0.410 e. The van der Waals surface area contributed by atoms with Gasteiger partial charge in [0.05, 0.1) is 16.6 Å². The second-order valence-corrected chi connectivity index (χ2v) is 8.01. The fourth-order valence-corrected chi connectivity index (χ4v) is 3.11. The molecule has 154 valence electrons. The van der Waals surface area contributed by atoms with Gasteiger partial charge in [0, 0.05) is 25.2 Å². The number of ether oxygens (including phenoxy) is 1. The van der Waals surface area contributed by atoms with E-state index in [2.05, 4.69) is 5.32 Å². The molecule has 2 amide bonds. The summed E-state index contributed by atoms with van der Waals surface area (Å²) in [5, 5.41) is 13.4. The van der Waals surface area contributed by atoms with Crippen LogP contribution in [-0.2, 0) is 4.74 Å². The molecule has 0 spiro atoms. The molecule has 1 aromatic carbocycles. The highest BCUT2D eigenvalue weighted by molar-refractivity contribution is 5.94. The molecule has 28 heavy (non-hydrogen) atoms.